The molecule has 6 N–H and O–H groups in total. The summed E-state index contributed by atoms with van der Waals surface area (Å²) in [5, 5.41) is 17.7. The van der Waals surface area contributed by atoms with Crippen molar-refractivity contribution in [3.63, 3.8) is 0 Å². The average Bonchev–Trinajstić information content (AvgIpc) is 2.26. The molecule has 18 heavy (non-hydrogen) atoms. The summed E-state index contributed by atoms with van der Waals surface area (Å²) in [4.78, 5) is 12.2. The number of carboxylic acid groups (broad SMARTS) is 1. The molecule has 0 radical (unpaired) electrons. The minimum absolute atomic E-state index is 0.296. The number of hydrazine groups is 1. The molecule has 0 aliphatic rings. The van der Waals surface area contributed by atoms with Crippen LogP contribution in [0.5, 0.6) is 5.75 Å². The maximum atomic E-state index is 11.7. The van der Waals surface area contributed by atoms with Gasteiger partial charge in [0, 0.05) is 0 Å². The first kappa shape index (κ1) is 14.2. The predicted octanol–water partition coefficient (Wildman–Crippen LogP) is -0.883. The highest BCUT2D eigenvalue weighted by atomic mass is 32.2. The Morgan fingerprint density at radius 1 is 1.39 bits per heavy atom. The van der Waals surface area contributed by atoms with E-state index in [9.17, 15) is 18.3 Å². The molecule has 1 rings (SSSR count). The van der Waals surface area contributed by atoms with Gasteiger partial charge in [0.15, 0.2) is 5.11 Å². The zero-order valence-corrected chi connectivity index (χ0v) is 10.4. The van der Waals surface area contributed by atoms with Gasteiger partial charge in [0.2, 0.25) is 0 Å². The normalized spacial score (nSPS) is 10.9. The van der Waals surface area contributed by atoms with Gasteiger partial charge in [0.05, 0.1) is 4.90 Å². The Kier molecular flexibility index (Phi) is 4.06. The largest absolute Gasteiger partial charge is 0.507 e. The Morgan fingerprint density at radius 3 is 2.50 bits per heavy atom. The Hall–Kier alpha value is -1.91. The monoisotopic (exact) mass is 291 g/mol. The summed E-state index contributed by atoms with van der Waals surface area (Å²) in [7, 11) is -4.03. The van der Waals surface area contributed by atoms with Crippen molar-refractivity contribution in [3.8, 4) is 5.75 Å². The molecule has 0 saturated heterocycles. The van der Waals surface area contributed by atoms with Gasteiger partial charge in [-0.25, -0.2) is 13.2 Å². The van der Waals surface area contributed by atoms with Crippen LogP contribution in [0.15, 0.2) is 23.1 Å². The molecule has 0 aromatic heterocycles. The van der Waals surface area contributed by atoms with E-state index in [1.807, 2.05) is 10.3 Å². The minimum atomic E-state index is -4.03. The fraction of sp³-hybridized carbons (Fsp3) is 0. The van der Waals surface area contributed by atoms with Crippen molar-refractivity contribution >= 4 is 33.3 Å². The fourth-order valence-electron chi connectivity index (χ4n) is 1.03. The molecule has 0 aliphatic carbocycles. The summed E-state index contributed by atoms with van der Waals surface area (Å²) in [6, 6.07) is 2.80. The molecule has 0 saturated carbocycles. The van der Waals surface area contributed by atoms with Gasteiger partial charge in [0.1, 0.15) is 11.3 Å². The number of nitrogens with two attached hydrogens (primary N) is 1. The number of carbonyl (C=O) groups is 1. The van der Waals surface area contributed by atoms with Crippen LogP contribution in [0.2, 0.25) is 0 Å². The maximum Gasteiger partial charge on any atom is 0.339 e. The molecular weight excluding hydrogens is 282 g/mol. The number of aromatic carboxylic acids is 1. The smallest absolute Gasteiger partial charge is 0.339 e. The third-order valence-corrected chi connectivity index (χ3v) is 3.16. The number of benzene rings is 1. The Balaban J connectivity index is 3.14. The first-order valence-corrected chi connectivity index (χ1v) is 6.27. The molecule has 98 valence electrons. The van der Waals surface area contributed by atoms with Crippen LogP contribution >= 0.6 is 12.2 Å². The van der Waals surface area contributed by atoms with Crippen molar-refractivity contribution in [1.82, 2.24) is 10.3 Å². The molecule has 10 heteroatoms. The van der Waals surface area contributed by atoms with E-state index in [1.54, 1.807) is 0 Å². The molecule has 0 bridgehead atoms. The van der Waals surface area contributed by atoms with E-state index < -0.39 is 27.3 Å². The quantitative estimate of drug-likeness (QED) is 0.355. The Bertz CT molecular complexity index is 599. The lowest BCUT2D eigenvalue weighted by molar-refractivity contribution is 0.0693. The van der Waals surface area contributed by atoms with Gasteiger partial charge in [-0.2, -0.15) is 0 Å². The average molecular weight is 291 g/mol. The summed E-state index contributed by atoms with van der Waals surface area (Å²) >= 11 is 4.41. The number of nitrogens with one attached hydrogen (secondary N) is 2. The summed E-state index contributed by atoms with van der Waals surface area (Å²) in [5.74, 6) is -1.99. The molecule has 0 atom stereocenters. The molecule has 1 aromatic rings. The number of thiocarbonyl (C=S) groups is 1. The van der Waals surface area contributed by atoms with Crippen molar-refractivity contribution < 1.29 is 23.4 Å². The van der Waals surface area contributed by atoms with Crippen LogP contribution in [0, 0.1) is 0 Å². The summed E-state index contributed by atoms with van der Waals surface area (Å²) in [5.41, 5.74) is 6.51. The molecule has 0 fully saturated rings. The first-order valence-electron chi connectivity index (χ1n) is 4.37. The van der Waals surface area contributed by atoms with Crippen LogP contribution in [0.3, 0.4) is 0 Å². The van der Waals surface area contributed by atoms with Crippen molar-refractivity contribution in [2.24, 2.45) is 5.73 Å². The lowest BCUT2D eigenvalue weighted by Gasteiger charge is -2.08. The fourth-order valence-corrected chi connectivity index (χ4v) is 2.03. The summed E-state index contributed by atoms with van der Waals surface area (Å²) < 4.78 is 23.3. The molecule has 0 aliphatic heterocycles. The highest BCUT2D eigenvalue weighted by molar-refractivity contribution is 7.89. The van der Waals surface area contributed by atoms with E-state index >= 15 is 0 Å². The first-order chi connectivity index (χ1) is 8.24. The van der Waals surface area contributed by atoms with Gasteiger partial charge in [-0.3, -0.25) is 5.43 Å². The van der Waals surface area contributed by atoms with Crippen LogP contribution in [0.4, 0.5) is 0 Å². The number of phenols is 1. The van der Waals surface area contributed by atoms with Crippen LogP contribution in [0.1, 0.15) is 10.4 Å². The maximum absolute atomic E-state index is 11.7. The standard InChI is InChI=1S/C8H9N3O5S2/c9-8(17)10-11-18(15,16)4-1-2-6(12)5(3-4)7(13)14/h1-3,11-12H,(H,13,14)(H3,9,10,17). The van der Waals surface area contributed by atoms with E-state index in [-0.39, 0.29) is 10.0 Å². The molecular formula is C8H9N3O5S2. The van der Waals surface area contributed by atoms with Crippen molar-refractivity contribution in [1.29, 1.82) is 0 Å². The van der Waals surface area contributed by atoms with Gasteiger partial charge in [0.25, 0.3) is 10.0 Å². The van der Waals surface area contributed by atoms with Crippen molar-refractivity contribution in [3.05, 3.63) is 23.8 Å². The lowest BCUT2D eigenvalue weighted by atomic mass is 10.2. The van der Waals surface area contributed by atoms with Gasteiger partial charge >= 0.3 is 5.97 Å². The Labute approximate surface area is 107 Å². The van der Waals surface area contributed by atoms with Gasteiger partial charge in [-0.15, -0.1) is 4.83 Å². The second kappa shape index (κ2) is 5.16. The van der Waals surface area contributed by atoms with Crippen LogP contribution < -0.4 is 16.0 Å². The van der Waals surface area contributed by atoms with Crippen molar-refractivity contribution in [2.45, 2.75) is 4.90 Å². The number of carboxylic acids is 1. The highest BCUT2D eigenvalue weighted by Gasteiger charge is 2.18. The molecule has 0 spiro atoms. The summed E-state index contributed by atoms with van der Waals surface area (Å²) in [6.45, 7) is 0. The van der Waals surface area contributed by atoms with E-state index in [0.717, 1.165) is 18.2 Å². The van der Waals surface area contributed by atoms with E-state index in [0.29, 0.717) is 0 Å². The molecule has 1 aromatic carbocycles. The summed E-state index contributed by atoms with van der Waals surface area (Å²) in [6.07, 6.45) is 0. The minimum Gasteiger partial charge on any atom is -0.507 e. The van der Waals surface area contributed by atoms with Crippen LogP contribution in [0.25, 0.3) is 0 Å². The molecule has 0 unspecified atom stereocenters. The van der Waals surface area contributed by atoms with Gasteiger partial charge in [-0.1, -0.05) is 0 Å². The number of hydrogen-bond acceptors (Lipinski definition) is 5. The van der Waals surface area contributed by atoms with Crippen LogP contribution in [-0.4, -0.2) is 29.7 Å². The molecule has 8 nitrogen and oxygen atoms in total. The number of aromatic hydroxyl groups is 1. The third-order valence-electron chi connectivity index (χ3n) is 1.82. The van der Waals surface area contributed by atoms with E-state index in [4.69, 9.17) is 10.8 Å². The van der Waals surface area contributed by atoms with Gasteiger partial charge < -0.3 is 15.9 Å². The third kappa shape index (κ3) is 3.29. The highest BCUT2D eigenvalue weighted by Crippen LogP contribution is 2.20. The van der Waals surface area contributed by atoms with E-state index in [2.05, 4.69) is 12.2 Å². The second-order valence-corrected chi connectivity index (χ2v) is 5.20. The Morgan fingerprint density at radius 2 is 2.00 bits per heavy atom. The zero-order valence-electron chi connectivity index (χ0n) is 8.75. The van der Waals surface area contributed by atoms with E-state index in [1.165, 1.54) is 0 Å². The lowest BCUT2D eigenvalue weighted by Crippen LogP contribution is -2.44. The second-order valence-electron chi connectivity index (χ2n) is 3.08. The predicted molar refractivity (Wildman–Crippen MR) is 65.3 cm³/mol. The van der Waals surface area contributed by atoms with Gasteiger partial charge in [-0.05, 0) is 30.4 Å². The van der Waals surface area contributed by atoms with Crippen LogP contribution in [-0.2, 0) is 10.0 Å². The van der Waals surface area contributed by atoms with Crippen molar-refractivity contribution in [2.75, 3.05) is 0 Å². The number of rotatable bonds is 4. The zero-order chi connectivity index (χ0) is 13.9. The SMILES string of the molecule is NC(=S)NNS(=O)(=O)c1ccc(O)c(C(=O)O)c1. The molecule has 0 heterocycles. The topological polar surface area (TPSA) is 142 Å². The number of sulfonamides is 1. The number of hydrogen-bond donors (Lipinski definition) is 5. The molecule has 0 amide bonds.